The van der Waals surface area contributed by atoms with Crippen molar-refractivity contribution < 1.29 is 18.4 Å². The van der Waals surface area contributed by atoms with Crippen LogP contribution in [0.15, 0.2) is 36.5 Å². The van der Waals surface area contributed by atoms with Crippen molar-refractivity contribution in [2.75, 3.05) is 11.9 Å². The molecule has 194 valence electrons. The second-order valence-corrected chi connectivity index (χ2v) is 8.27. The molecule has 1 aromatic carbocycles. The molecule has 0 radical (unpaired) electrons. The molecular weight excluding hydrogens is 522 g/mol. The van der Waals surface area contributed by atoms with Crippen LogP contribution in [0.25, 0.3) is 5.82 Å². The first-order valence-electron chi connectivity index (χ1n) is 11.1. The summed E-state index contributed by atoms with van der Waals surface area (Å²) in [7, 11) is 0. The van der Waals surface area contributed by atoms with Crippen LogP contribution in [-0.4, -0.2) is 53.3 Å². The van der Waals surface area contributed by atoms with Gasteiger partial charge in [0.1, 0.15) is 12.2 Å². The Hall–Kier alpha value is -4.77. The minimum Gasteiger partial charge on any atom is -0.352 e. The second kappa shape index (κ2) is 11.1. The van der Waals surface area contributed by atoms with Crippen molar-refractivity contribution in [3.63, 3.8) is 0 Å². The number of nitrogens with zero attached hydrogens (tertiary/aromatic N) is 8. The van der Waals surface area contributed by atoms with Gasteiger partial charge in [-0.3, -0.25) is 9.59 Å². The number of aromatic nitrogens is 7. The summed E-state index contributed by atoms with van der Waals surface area (Å²) >= 11 is 6.30. The van der Waals surface area contributed by atoms with Gasteiger partial charge in [0.05, 0.1) is 33.6 Å². The minimum absolute atomic E-state index is 0.0274. The maximum absolute atomic E-state index is 13.5. The molecule has 15 heteroatoms. The number of aryl methyl sites for hydroxylation is 1. The highest BCUT2D eigenvalue weighted by Crippen LogP contribution is 2.25. The molecule has 0 atom stereocenters. The third kappa shape index (κ3) is 5.47. The Bertz CT molecular complexity index is 1560. The van der Waals surface area contributed by atoms with Crippen molar-refractivity contribution in [1.29, 1.82) is 5.26 Å². The lowest BCUT2D eigenvalue weighted by atomic mass is 10.0. The number of nitrogens with one attached hydrogen (secondary N) is 2. The van der Waals surface area contributed by atoms with Crippen molar-refractivity contribution in [1.82, 2.24) is 40.3 Å². The SMILES string of the molecule is CCNC(=O)c1cc(C#N)cc(C)c1NC(=O)c1cc(Cn2nnc(C(F)F)n2)nn1-c1ncccc1Cl. The first-order valence-corrected chi connectivity index (χ1v) is 11.5. The summed E-state index contributed by atoms with van der Waals surface area (Å²) < 4.78 is 26.9. The van der Waals surface area contributed by atoms with E-state index in [1.807, 2.05) is 6.07 Å². The van der Waals surface area contributed by atoms with Crippen LogP contribution in [0.4, 0.5) is 14.5 Å². The highest BCUT2D eigenvalue weighted by Gasteiger charge is 2.24. The van der Waals surface area contributed by atoms with E-state index < -0.39 is 24.1 Å². The van der Waals surface area contributed by atoms with Gasteiger partial charge in [-0.15, -0.1) is 10.2 Å². The molecular formula is C23H19ClF2N10O2. The number of alkyl halides is 2. The second-order valence-electron chi connectivity index (χ2n) is 7.86. The van der Waals surface area contributed by atoms with Gasteiger partial charge in [0, 0.05) is 12.7 Å². The fraction of sp³-hybridized carbons (Fsp3) is 0.217. The molecule has 0 bridgehead atoms. The average molecular weight is 541 g/mol. The zero-order valence-corrected chi connectivity index (χ0v) is 20.7. The number of anilines is 1. The molecule has 0 saturated carbocycles. The van der Waals surface area contributed by atoms with Crippen LogP contribution >= 0.6 is 11.6 Å². The number of benzene rings is 1. The number of halogens is 3. The molecule has 4 aromatic rings. The van der Waals surface area contributed by atoms with E-state index in [1.165, 1.54) is 29.1 Å². The number of carbonyl (C=O) groups is 2. The largest absolute Gasteiger partial charge is 0.352 e. The van der Waals surface area contributed by atoms with Gasteiger partial charge >= 0.3 is 6.43 Å². The predicted octanol–water partition coefficient (Wildman–Crippen LogP) is 3.08. The minimum atomic E-state index is -2.90. The number of pyridine rings is 1. The van der Waals surface area contributed by atoms with Gasteiger partial charge in [0.25, 0.3) is 11.8 Å². The monoisotopic (exact) mass is 540 g/mol. The number of tetrazole rings is 1. The van der Waals surface area contributed by atoms with Gasteiger partial charge in [0.15, 0.2) is 5.82 Å². The highest BCUT2D eigenvalue weighted by atomic mass is 35.5. The summed E-state index contributed by atoms with van der Waals surface area (Å²) in [6.45, 7) is 3.54. The van der Waals surface area contributed by atoms with E-state index in [1.54, 1.807) is 26.0 Å². The zero-order chi connectivity index (χ0) is 27.4. The molecule has 2 N–H and O–H groups in total. The smallest absolute Gasteiger partial charge is 0.301 e. The van der Waals surface area contributed by atoms with E-state index in [4.69, 9.17) is 11.6 Å². The summed E-state index contributed by atoms with van der Waals surface area (Å²) in [4.78, 5) is 31.3. The first-order chi connectivity index (χ1) is 18.2. The van der Waals surface area contributed by atoms with Gasteiger partial charge in [0.2, 0.25) is 5.82 Å². The zero-order valence-electron chi connectivity index (χ0n) is 20.0. The Morgan fingerprint density at radius 2 is 2.00 bits per heavy atom. The fourth-order valence-corrected chi connectivity index (χ4v) is 3.75. The lowest BCUT2D eigenvalue weighted by Crippen LogP contribution is -2.26. The molecule has 0 aliphatic heterocycles. The number of nitriles is 1. The normalized spacial score (nSPS) is 10.9. The highest BCUT2D eigenvalue weighted by molar-refractivity contribution is 6.32. The Morgan fingerprint density at radius 3 is 2.66 bits per heavy atom. The third-order valence-corrected chi connectivity index (χ3v) is 5.48. The summed E-state index contributed by atoms with van der Waals surface area (Å²) in [5, 5.41) is 29.7. The number of rotatable bonds is 8. The van der Waals surface area contributed by atoms with Crippen molar-refractivity contribution >= 4 is 29.1 Å². The maximum atomic E-state index is 13.5. The molecule has 0 saturated heterocycles. The topological polar surface area (TPSA) is 156 Å². The lowest BCUT2D eigenvalue weighted by Gasteiger charge is -2.15. The van der Waals surface area contributed by atoms with Crippen LogP contribution in [0.5, 0.6) is 0 Å². The number of hydrogen-bond donors (Lipinski definition) is 2. The number of carbonyl (C=O) groups excluding carboxylic acids is 2. The Kier molecular flexibility index (Phi) is 7.68. The Labute approximate surface area is 219 Å². The average Bonchev–Trinajstić information content (AvgIpc) is 3.53. The van der Waals surface area contributed by atoms with Crippen molar-refractivity contribution in [2.45, 2.75) is 26.8 Å². The molecule has 0 aliphatic carbocycles. The Balaban J connectivity index is 1.75. The van der Waals surface area contributed by atoms with Gasteiger partial charge in [-0.05, 0) is 55.0 Å². The molecule has 2 amide bonds. The summed E-state index contributed by atoms with van der Waals surface area (Å²) in [5.74, 6) is -1.77. The molecule has 3 aromatic heterocycles. The Morgan fingerprint density at radius 1 is 1.21 bits per heavy atom. The standard InChI is InChI=1S/C23H19ClF2N10O2/c1-3-28-22(37)15-8-13(10-27)7-12(2)18(15)30-23(38)17-9-14(11-35-33-20(19(25)26)31-34-35)32-36(17)21-16(24)5-4-6-29-21/h4-9,19H,3,11H2,1-2H3,(H,28,37)(H,30,38). The van der Waals surface area contributed by atoms with Crippen LogP contribution in [0.2, 0.25) is 5.02 Å². The summed E-state index contributed by atoms with van der Waals surface area (Å²) in [5.41, 5.74) is 1.21. The third-order valence-electron chi connectivity index (χ3n) is 5.18. The van der Waals surface area contributed by atoms with E-state index in [-0.39, 0.29) is 45.6 Å². The lowest BCUT2D eigenvalue weighted by molar-refractivity contribution is 0.0956. The quantitative estimate of drug-likeness (QED) is 0.345. The van der Waals surface area contributed by atoms with Gasteiger partial charge < -0.3 is 10.6 Å². The molecule has 0 fully saturated rings. The van der Waals surface area contributed by atoms with Crippen LogP contribution in [0.1, 0.15) is 56.8 Å². The molecule has 38 heavy (non-hydrogen) atoms. The number of hydrogen-bond acceptors (Lipinski definition) is 8. The summed E-state index contributed by atoms with van der Waals surface area (Å²) in [6, 6.07) is 9.44. The number of amides is 2. The van der Waals surface area contributed by atoms with E-state index in [0.29, 0.717) is 12.1 Å². The van der Waals surface area contributed by atoms with Crippen LogP contribution < -0.4 is 10.6 Å². The van der Waals surface area contributed by atoms with E-state index in [9.17, 15) is 23.6 Å². The molecule has 0 unspecified atom stereocenters. The van der Waals surface area contributed by atoms with Crippen molar-refractivity contribution in [3.05, 3.63) is 75.5 Å². The van der Waals surface area contributed by atoms with Crippen LogP contribution in [0.3, 0.4) is 0 Å². The van der Waals surface area contributed by atoms with E-state index in [2.05, 4.69) is 36.1 Å². The van der Waals surface area contributed by atoms with Crippen LogP contribution in [0, 0.1) is 18.3 Å². The predicted molar refractivity (Wildman–Crippen MR) is 130 cm³/mol. The van der Waals surface area contributed by atoms with Gasteiger partial charge in [-0.2, -0.15) is 15.2 Å². The molecule has 12 nitrogen and oxygen atoms in total. The van der Waals surface area contributed by atoms with Gasteiger partial charge in [-0.25, -0.2) is 18.4 Å². The molecule has 0 spiro atoms. The molecule has 3 heterocycles. The summed E-state index contributed by atoms with van der Waals surface area (Å²) in [6.07, 6.45) is -1.44. The van der Waals surface area contributed by atoms with E-state index >= 15 is 0 Å². The molecule has 4 rings (SSSR count). The van der Waals surface area contributed by atoms with Crippen molar-refractivity contribution in [2.24, 2.45) is 0 Å². The fourth-order valence-electron chi connectivity index (χ4n) is 3.55. The maximum Gasteiger partial charge on any atom is 0.301 e. The van der Waals surface area contributed by atoms with Crippen LogP contribution in [-0.2, 0) is 6.54 Å². The molecule has 0 aliphatic rings. The van der Waals surface area contributed by atoms with E-state index in [0.717, 1.165) is 4.80 Å². The van der Waals surface area contributed by atoms with Crippen molar-refractivity contribution in [3.8, 4) is 11.9 Å². The van der Waals surface area contributed by atoms with Gasteiger partial charge in [-0.1, -0.05) is 11.6 Å². The first kappa shape index (κ1) is 26.3.